The largest absolute Gasteiger partial charge is 0.299 e. The van der Waals surface area contributed by atoms with Crippen LogP contribution in [0.4, 0.5) is 5.69 Å². The van der Waals surface area contributed by atoms with Crippen molar-refractivity contribution in [2.24, 2.45) is 0 Å². The maximum Gasteiger partial charge on any atom is 0.299 e. The fourth-order valence-corrected chi connectivity index (χ4v) is 2.88. The van der Waals surface area contributed by atoms with Gasteiger partial charge >= 0.3 is 0 Å². The van der Waals surface area contributed by atoms with Gasteiger partial charge in [-0.15, -0.1) is 0 Å². The number of aryl methyl sites for hydroxylation is 2. The second-order valence-corrected chi connectivity index (χ2v) is 5.69. The van der Waals surface area contributed by atoms with Crippen LogP contribution in [-0.2, 0) is 11.3 Å². The number of amides is 1. The number of para-hydroxylation sites is 1. The van der Waals surface area contributed by atoms with Crippen LogP contribution in [-0.4, -0.2) is 11.7 Å². The summed E-state index contributed by atoms with van der Waals surface area (Å²) in [4.78, 5) is 25.8. The molecule has 0 aliphatic carbocycles. The molecule has 0 saturated heterocycles. The average Bonchev–Trinajstić information content (AvgIpc) is 2.69. The summed E-state index contributed by atoms with van der Waals surface area (Å²) in [5.41, 5.74) is 4.13. The van der Waals surface area contributed by atoms with Gasteiger partial charge in [0.2, 0.25) is 0 Å². The first-order valence-electron chi connectivity index (χ1n) is 6.70. The van der Waals surface area contributed by atoms with Crippen LogP contribution in [0.1, 0.15) is 27.0 Å². The number of hydrogen-bond donors (Lipinski definition) is 0. The van der Waals surface area contributed by atoms with Crippen molar-refractivity contribution in [3.8, 4) is 0 Å². The molecule has 3 rings (SSSR count). The number of rotatable bonds is 2. The summed E-state index contributed by atoms with van der Waals surface area (Å²) in [6.45, 7) is 4.35. The molecule has 4 heteroatoms. The second-order valence-electron chi connectivity index (χ2n) is 5.29. The lowest BCUT2D eigenvalue weighted by Gasteiger charge is -2.19. The Morgan fingerprint density at radius 2 is 1.86 bits per heavy atom. The van der Waals surface area contributed by atoms with Crippen molar-refractivity contribution in [1.29, 1.82) is 0 Å². The Labute approximate surface area is 128 Å². The van der Waals surface area contributed by atoms with E-state index in [2.05, 4.69) is 0 Å². The van der Waals surface area contributed by atoms with Gasteiger partial charge in [0.15, 0.2) is 0 Å². The topological polar surface area (TPSA) is 37.4 Å². The number of benzene rings is 2. The first-order valence-corrected chi connectivity index (χ1v) is 7.07. The predicted octanol–water partition coefficient (Wildman–Crippen LogP) is 3.69. The highest BCUT2D eigenvalue weighted by Crippen LogP contribution is 2.36. The van der Waals surface area contributed by atoms with E-state index in [1.165, 1.54) is 4.90 Å². The number of carbonyl (C=O) groups is 2. The van der Waals surface area contributed by atoms with Crippen molar-refractivity contribution in [1.82, 2.24) is 0 Å². The Morgan fingerprint density at radius 3 is 2.62 bits per heavy atom. The molecule has 2 aromatic rings. The first-order chi connectivity index (χ1) is 9.99. The molecule has 2 aromatic carbocycles. The number of halogens is 1. The van der Waals surface area contributed by atoms with Crippen molar-refractivity contribution < 1.29 is 9.59 Å². The Balaban J connectivity index is 2.06. The summed E-state index contributed by atoms with van der Waals surface area (Å²) in [5, 5.41) is 0.428. The van der Waals surface area contributed by atoms with Crippen LogP contribution in [0.3, 0.4) is 0 Å². The molecule has 1 aliphatic heterocycles. The first kappa shape index (κ1) is 13.8. The molecule has 106 valence electrons. The van der Waals surface area contributed by atoms with E-state index >= 15 is 0 Å². The van der Waals surface area contributed by atoms with Gasteiger partial charge in [-0.3, -0.25) is 14.5 Å². The van der Waals surface area contributed by atoms with Crippen molar-refractivity contribution in [2.45, 2.75) is 20.4 Å². The number of fused-ring (bicyclic) bond motifs is 1. The summed E-state index contributed by atoms with van der Waals surface area (Å²) in [5.74, 6) is -1.00. The molecular weight excluding hydrogens is 286 g/mol. The molecule has 0 radical (unpaired) electrons. The highest BCUT2D eigenvalue weighted by molar-refractivity contribution is 6.54. The van der Waals surface area contributed by atoms with Crippen LogP contribution in [0, 0.1) is 13.8 Å². The molecule has 0 fully saturated rings. The Hall–Kier alpha value is -2.13. The second kappa shape index (κ2) is 5.01. The van der Waals surface area contributed by atoms with Gasteiger partial charge < -0.3 is 0 Å². The van der Waals surface area contributed by atoms with Crippen LogP contribution in [0.5, 0.6) is 0 Å². The van der Waals surface area contributed by atoms with Gasteiger partial charge in [-0.2, -0.15) is 0 Å². The van der Waals surface area contributed by atoms with Gasteiger partial charge in [-0.05, 0) is 37.1 Å². The van der Waals surface area contributed by atoms with E-state index in [4.69, 9.17) is 11.6 Å². The minimum atomic E-state index is -0.515. The van der Waals surface area contributed by atoms with Crippen molar-refractivity contribution in [2.75, 3.05) is 4.90 Å². The zero-order valence-corrected chi connectivity index (χ0v) is 12.6. The number of nitrogens with zero attached hydrogens (tertiary/aromatic N) is 1. The lowest BCUT2D eigenvalue weighted by molar-refractivity contribution is -0.114. The highest BCUT2D eigenvalue weighted by atomic mass is 35.5. The van der Waals surface area contributed by atoms with E-state index in [0.29, 0.717) is 22.8 Å². The lowest BCUT2D eigenvalue weighted by atomic mass is 10.1. The molecule has 0 atom stereocenters. The maximum absolute atomic E-state index is 12.2. The third-order valence-corrected chi connectivity index (χ3v) is 4.08. The van der Waals surface area contributed by atoms with Gasteiger partial charge in [0, 0.05) is 0 Å². The fraction of sp³-hybridized carbons (Fsp3) is 0.176. The molecule has 21 heavy (non-hydrogen) atoms. The van der Waals surface area contributed by atoms with Crippen LogP contribution in [0.2, 0.25) is 5.02 Å². The van der Waals surface area contributed by atoms with Crippen molar-refractivity contribution in [3.63, 3.8) is 0 Å². The smallest absolute Gasteiger partial charge is 0.299 e. The Bertz CT molecular complexity index is 767. The van der Waals surface area contributed by atoms with Gasteiger partial charge in [0.05, 0.1) is 22.8 Å². The molecule has 0 spiro atoms. The maximum atomic E-state index is 12.2. The minimum absolute atomic E-state index is 0.356. The van der Waals surface area contributed by atoms with Gasteiger partial charge in [-0.1, -0.05) is 41.4 Å². The van der Waals surface area contributed by atoms with Crippen LogP contribution in [0.25, 0.3) is 0 Å². The summed E-state index contributed by atoms with van der Waals surface area (Å²) in [6, 6.07) is 11.1. The van der Waals surface area contributed by atoms with Gasteiger partial charge in [-0.25, -0.2) is 0 Å². The molecule has 1 aliphatic rings. The normalized spacial score (nSPS) is 13.8. The average molecular weight is 300 g/mol. The summed E-state index contributed by atoms with van der Waals surface area (Å²) in [7, 11) is 0. The molecule has 0 bridgehead atoms. The zero-order valence-electron chi connectivity index (χ0n) is 11.8. The van der Waals surface area contributed by atoms with Crippen LogP contribution >= 0.6 is 11.6 Å². The molecule has 0 aromatic heterocycles. The van der Waals surface area contributed by atoms with E-state index in [9.17, 15) is 9.59 Å². The van der Waals surface area contributed by atoms with E-state index in [1.54, 1.807) is 18.2 Å². The van der Waals surface area contributed by atoms with Crippen molar-refractivity contribution in [3.05, 3.63) is 63.7 Å². The van der Waals surface area contributed by atoms with Crippen LogP contribution < -0.4 is 4.90 Å². The quantitative estimate of drug-likeness (QED) is 0.793. The molecule has 1 heterocycles. The summed E-state index contributed by atoms with van der Waals surface area (Å²) >= 11 is 6.19. The number of ketones is 1. The molecular formula is C17H14ClNO2. The SMILES string of the molecule is Cc1ccc(C)c(CN2C(=O)C(=O)c3cccc(Cl)c32)c1. The lowest BCUT2D eigenvalue weighted by Crippen LogP contribution is -2.29. The fourth-order valence-electron chi connectivity index (χ4n) is 2.60. The van der Waals surface area contributed by atoms with E-state index in [-0.39, 0.29) is 0 Å². The van der Waals surface area contributed by atoms with Crippen molar-refractivity contribution >= 4 is 29.0 Å². The summed E-state index contributed by atoms with van der Waals surface area (Å²) in [6.07, 6.45) is 0. The Morgan fingerprint density at radius 1 is 1.10 bits per heavy atom. The monoisotopic (exact) mass is 299 g/mol. The highest BCUT2D eigenvalue weighted by Gasteiger charge is 2.37. The molecule has 0 saturated carbocycles. The zero-order chi connectivity index (χ0) is 15.1. The number of Topliss-reactive ketones (excluding diaryl/α,β-unsaturated/α-hetero) is 1. The molecule has 3 nitrogen and oxygen atoms in total. The number of anilines is 1. The van der Waals surface area contributed by atoms with Gasteiger partial charge in [0.1, 0.15) is 0 Å². The molecule has 0 unspecified atom stereocenters. The molecule has 1 amide bonds. The van der Waals surface area contributed by atoms with E-state index in [0.717, 1.165) is 16.7 Å². The Kier molecular flexibility index (Phi) is 3.30. The summed E-state index contributed by atoms with van der Waals surface area (Å²) < 4.78 is 0. The predicted molar refractivity (Wildman–Crippen MR) is 82.9 cm³/mol. The van der Waals surface area contributed by atoms with Crippen LogP contribution in [0.15, 0.2) is 36.4 Å². The number of carbonyl (C=O) groups excluding carboxylic acids is 2. The molecule has 0 N–H and O–H groups in total. The number of hydrogen-bond acceptors (Lipinski definition) is 2. The van der Waals surface area contributed by atoms with E-state index < -0.39 is 11.7 Å². The minimum Gasteiger partial charge on any atom is -0.299 e. The van der Waals surface area contributed by atoms with E-state index in [1.807, 2.05) is 32.0 Å². The third-order valence-electron chi connectivity index (χ3n) is 3.77. The standard InChI is InChI=1S/C17H14ClNO2/c1-10-6-7-11(2)12(8-10)9-19-15-13(16(20)17(19)21)4-3-5-14(15)18/h3-8H,9H2,1-2H3. The third kappa shape index (κ3) is 2.24. The van der Waals surface area contributed by atoms with Gasteiger partial charge in [0.25, 0.3) is 11.7 Å².